The van der Waals surface area contributed by atoms with Crippen LogP contribution in [0.4, 0.5) is 24.8 Å². The van der Waals surface area contributed by atoms with Crippen molar-refractivity contribution in [3.8, 4) is 11.6 Å². The van der Waals surface area contributed by atoms with E-state index in [0.29, 0.717) is 5.69 Å². The summed E-state index contributed by atoms with van der Waals surface area (Å²) in [7, 11) is 1.22. The van der Waals surface area contributed by atoms with Gasteiger partial charge in [-0.15, -0.1) is 0 Å². The van der Waals surface area contributed by atoms with Crippen molar-refractivity contribution in [1.29, 1.82) is 0 Å². The molecule has 0 radical (unpaired) electrons. The van der Waals surface area contributed by atoms with Gasteiger partial charge >= 0.3 is 23.5 Å². The summed E-state index contributed by atoms with van der Waals surface area (Å²) >= 11 is 0. The largest absolute Gasteiger partial charge is 0.469 e. The molecule has 0 amide bonds. The molecule has 0 aliphatic rings. The van der Waals surface area contributed by atoms with E-state index in [1.165, 1.54) is 48.2 Å². The number of esters is 1. The average Bonchev–Trinajstić information content (AvgIpc) is 2.98. The molecule has 44 heavy (non-hydrogen) atoms. The molecule has 0 spiro atoms. The lowest BCUT2D eigenvalue weighted by Crippen LogP contribution is -2.46. The highest BCUT2D eigenvalue weighted by molar-refractivity contribution is 5.75. The lowest BCUT2D eigenvalue weighted by atomic mass is 9.94. The molecule has 0 aliphatic heterocycles. The van der Waals surface area contributed by atoms with Gasteiger partial charge in [0.15, 0.2) is 0 Å². The van der Waals surface area contributed by atoms with Gasteiger partial charge < -0.3 is 14.8 Å². The van der Waals surface area contributed by atoms with Crippen LogP contribution in [0.2, 0.25) is 0 Å². The number of alkyl halides is 3. The van der Waals surface area contributed by atoms with E-state index in [1.54, 1.807) is 13.8 Å². The van der Waals surface area contributed by atoms with Crippen LogP contribution in [0.25, 0.3) is 0 Å². The Labute approximate surface area is 251 Å². The second kappa shape index (κ2) is 13.1. The fourth-order valence-corrected chi connectivity index (χ4v) is 4.46. The zero-order chi connectivity index (χ0) is 32.1. The molecule has 2 heterocycles. The number of nitrogens with zero attached hydrogens (tertiary/aromatic N) is 4. The standard InChI is InChI=1S/C31H32F3N5O5/c1-5-7-20-9-11-21(12-10-20)18-38-27(37-28(41)39(29(38)42)19-30(2,3)26(40)43-4)36-22-13-15-23(16-14-22)44-25-24(31(32,33)34)8-6-17-35-25/h6,8-17H,5,7,18-19H2,1-4H3,(H,36,37,41). The van der Waals surface area contributed by atoms with Gasteiger partial charge in [-0.2, -0.15) is 18.2 Å². The van der Waals surface area contributed by atoms with Crippen molar-refractivity contribution in [3.05, 3.63) is 105 Å². The zero-order valence-corrected chi connectivity index (χ0v) is 24.6. The maximum absolute atomic E-state index is 13.7. The SMILES string of the molecule is CCCc1ccc(Cn2c(Nc3ccc(Oc4ncccc4C(F)(F)F)cc3)nc(=O)n(CC(C)(C)C(=O)OC)c2=O)cc1. The molecule has 0 bridgehead atoms. The topological polar surface area (TPSA) is 117 Å². The third-order valence-electron chi connectivity index (χ3n) is 6.75. The number of carbonyl (C=O) groups is 1. The van der Waals surface area contributed by atoms with Crippen molar-refractivity contribution in [2.45, 2.75) is 52.9 Å². The predicted molar refractivity (Wildman–Crippen MR) is 157 cm³/mol. The molecule has 1 N–H and O–H groups in total. The molecule has 0 unspecified atom stereocenters. The van der Waals surface area contributed by atoms with Crippen LogP contribution < -0.4 is 21.4 Å². The molecule has 0 atom stereocenters. The average molecular weight is 612 g/mol. The van der Waals surface area contributed by atoms with Gasteiger partial charge in [0.25, 0.3) is 0 Å². The van der Waals surface area contributed by atoms with Gasteiger partial charge in [-0.1, -0.05) is 37.6 Å². The van der Waals surface area contributed by atoms with Crippen LogP contribution in [-0.4, -0.2) is 32.2 Å². The quantitative estimate of drug-likeness (QED) is 0.219. The van der Waals surface area contributed by atoms with Gasteiger partial charge in [0.1, 0.15) is 11.3 Å². The van der Waals surface area contributed by atoms with Crippen molar-refractivity contribution in [2.75, 3.05) is 12.4 Å². The highest BCUT2D eigenvalue weighted by Gasteiger charge is 2.35. The van der Waals surface area contributed by atoms with Crippen molar-refractivity contribution in [1.82, 2.24) is 19.1 Å². The lowest BCUT2D eigenvalue weighted by Gasteiger charge is -2.23. The zero-order valence-electron chi connectivity index (χ0n) is 24.6. The molecule has 13 heteroatoms. The van der Waals surface area contributed by atoms with E-state index in [2.05, 4.69) is 22.2 Å². The van der Waals surface area contributed by atoms with E-state index in [9.17, 15) is 27.6 Å². The summed E-state index contributed by atoms with van der Waals surface area (Å²) in [6.07, 6.45) is -1.58. The number of ether oxygens (including phenoxy) is 2. The van der Waals surface area contributed by atoms with Crippen LogP contribution in [0.3, 0.4) is 0 Å². The number of nitrogens with one attached hydrogen (secondary N) is 1. The number of aromatic nitrogens is 4. The number of pyridine rings is 1. The number of methoxy groups -OCH3 is 1. The molecule has 232 valence electrons. The van der Waals surface area contributed by atoms with E-state index in [0.717, 1.165) is 34.6 Å². The summed E-state index contributed by atoms with van der Waals surface area (Å²) < 4.78 is 52.4. The van der Waals surface area contributed by atoms with E-state index < -0.39 is 40.4 Å². The van der Waals surface area contributed by atoms with Crippen LogP contribution in [0.5, 0.6) is 11.6 Å². The molecule has 0 aliphatic carbocycles. The van der Waals surface area contributed by atoms with Crippen LogP contribution in [0.15, 0.2) is 76.4 Å². The van der Waals surface area contributed by atoms with E-state index in [-0.39, 0.29) is 24.8 Å². The monoisotopic (exact) mass is 611 g/mol. The van der Waals surface area contributed by atoms with E-state index >= 15 is 0 Å². The maximum Gasteiger partial charge on any atom is 0.421 e. The van der Waals surface area contributed by atoms with Gasteiger partial charge in [0, 0.05) is 18.4 Å². The molecule has 4 aromatic rings. The minimum absolute atomic E-state index is 0.0561. The van der Waals surface area contributed by atoms with Gasteiger partial charge in [-0.25, -0.2) is 19.1 Å². The molecule has 10 nitrogen and oxygen atoms in total. The summed E-state index contributed by atoms with van der Waals surface area (Å²) in [5.41, 5.74) is -1.50. The summed E-state index contributed by atoms with van der Waals surface area (Å²) in [4.78, 5) is 46.9. The van der Waals surface area contributed by atoms with Gasteiger partial charge in [0.05, 0.1) is 19.1 Å². The number of halogens is 3. The molecule has 2 aromatic carbocycles. The number of carbonyl (C=O) groups excluding carboxylic acids is 1. The minimum Gasteiger partial charge on any atom is -0.469 e. The lowest BCUT2D eigenvalue weighted by molar-refractivity contribution is -0.151. The Morgan fingerprint density at radius 1 is 0.955 bits per heavy atom. The number of anilines is 2. The summed E-state index contributed by atoms with van der Waals surface area (Å²) in [6, 6.07) is 15.5. The Hall–Kier alpha value is -4.94. The fourth-order valence-electron chi connectivity index (χ4n) is 4.46. The molecule has 0 saturated heterocycles. The highest BCUT2D eigenvalue weighted by atomic mass is 19.4. The van der Waals surface area contributed by atoms with Gasteiger partial charge in [-0.3, -0.25) is 9.36 Å². The third kappa shape index (κ3) is 7.52. The molecule has 0 saturated carbocycles. The molecule has 2 aromatic heterocycles. The smallest absolute Gasteiger partial charge is 0.421 e. The summed E-state index contributed by atoms with van der Waals surface area (Å²) in [6.45, 7) is 4.98. The first-order valence-corrected chi connectivity index (χ1v) is 13.8. The first kappa shape index (κ1) is 32.0. The van der Waals surface area contributed by atoms with E-state index in [1.807, 2.05) is 24.3 Å². The summed E-state index contributed by atoms with van der Waals surface area (Å²) in [5, 5.41) is 2.95. The predicted octanol–water partition coefficient (Wildman–Crippen LogP) is 5.55. The van der Waals surface area contributed by atoms with Crippen molar-refractivity contribution in [2.24, 2.45) is 5.41 Å². The molecular formula is C31H32F3N5O5. The Balaban J connectivity index is 1.68. The Bertz CT molecular complexity index is 1730. The summed E-state index contributed by atoms with van der Waals surface area (Å²) in [5.74, 6) is -1.18. The Morgan fingerprint density at radius 2 is 1.61 bits per heavy atom. The van der Waals surface area contributed by atoms with Crippen LogP contribution in [0, 0.1) is 5.41 Å². The Morgan fingerprint density at radius 3 is 2.23 bits per heavy atom. The van der Waals surface area contributed by atoms with Crippen LogP contribution in [0.1, 0.15) is 43.9 Å². The van der Waals surface area contributed by atoms with Crippen molar-refractivity contribution in [3.63, 3.8) is 0 Å². The third-order valence-corrected chi connectivity index (χ3v) is 6.75. The van der Waals surface area contributed by atoms with Crippen molar-refractivity contribution < 1.29 is 27.4 Å². The maximum atomic E-state index is 13.7. The number of aryl methyl sites for hydroxylation is 1. The van der Waals surface area contributed by atoms with Gasteiger partial charge in [-0.05, 0) is 67.8 Å². The highest BCUT2D eigenvalue weighted by Crippen LogP contribution is 2.36. The van der Waals surface area contributed by atoms with Crippen LogP contribution >= 0.6 is 0 Å². The van der Waals surface area contributed by atoms with E-state index in [4.69, 9.17) is 9.47 Å². The number of hydrogen-bond donors (Lipinski definition) is 1. The van der Waals surface area contributed by atoms with Gasteiger partial charge in [0.2, 0.25) is 11.8 Å². The number of hydrogen-bond acceptors (Lipinski definition) is 8. The van der Waals surface area contributed by atoms with Crippen molar-refractivity contribution >= 4 is 17.6 Å². The van der Waals surface area contributed by atoms with Crippen LogP contribution in [-0.2, 0) is 35.2 Å². The fraction of sp³-hybridized carbons (Fsp3) is 0.323. The molecule has 0 fully saturated rings. The minimum atomic E-state index is -4.65. The Kier molecular flexibility index (Phi) is 9.56. The number of rotatable bonds is 11. The molecule has 4 rings (SSSR count). The second-order valence-electron chi connectivity index (χ2n) is 10.7. The second-order valence-corrected chi connectivity index (χ2v) is 10.7. The first-order chi connectivity index (χ1) is 20.8. The number of benzene rings is 2. The first-order valence-electron chi connectivity index (χ1n) is 13.8. The molecular weight excluding hydrogens is 579 g/mol. The normalized spacial score (nSPS) is 11.7.